The zero-order valence-corrected chi connectivity index (χ0v) is 15.0. The zero-order chi connectivity index (χ0) is 18.9. The van der Waals surface area contributed by atoms with Gasteiger partial charge in [0.2, 0.25) is 0 Å². The van der Waals surface area contributed by atoms with Crippen molar-refractivity contribution in [2.45, 2.75) is 18.7 Å². The Morgan fingerprint density at radius 3 is 2.07 bits per heavy atom. The van der Waals surface area contributed by atoms with Gasteiger partial charge in [-0.25, -0.2) is 0 Å². The Bertz CT molecular complexity index is 858. The highest BCUT2D eigenvalue weighted by Gasteiger charge is 2.17. The lowest BCUT2D eigenvalue weighted by atomic mass is 10.0. The fraction of sp³-hybridized carbons (Fsp3) is 0.174. The topological polar surface area (TPSA) is 65.3 Å². The van der Waals surface area contributed by atoms with E-state index in [0.29, 0.717) is 6.61 Å². The average molecular weight is 358 g/mol. The summed E-state index contributed by atoms with van der Waals surface area (Å²) in [5.74, 6) is 0.751. The third-order valence-electron chi connectivity index (χ3n) is 4.34. The largest absolute Gasteiger partial charge is 0.489 e. The Morgan fingerprint density at radius 2 is 1.48 bits per heavy atom. The first-order valence-electron chi connectivity index (χ1n) is 8.88. The van der Waals surface area contributed by atoms with Crippen LogP contribution in [-0.4, -0.2) is 11.7 Å². The van der Waals surface area contributed by atoms with Crippen LogP contribution in [0.25, 0.3) is 0 Å². The number of hydrogen-bond donors (Lipinski definition) is 2. The van der Waals surface area contributed by atoms with E-state index in [-0.39, 0.29) is 12.6 Å². The van der Waals surface area contributed by atoms with Gasteiger partial charge in [0.15, 0.2) is 0 Å². The van der Waals surface area contributed by atoms with Gasteiger partial charge in [-0.15, -0.1) is 0 Å². The molecule has 0 radical (unpaired) electrons. The van der Waals surface area contributed by atoms with Crippen molar-refractivity contribution in [2.75, 3.05) is 6.61 Å². The Hall–Kier alpha value is -3.13. The molecule has 2 N–H and O–H groups in total. The van der Waals surface area contributed by atoms with Crippen LogP contribution in [0, 0.1) is 11.3 Å². The number of aliphatic hydroxyl groups is 1. The van der Waals surface area contributed by atoms with Gasteiger partial charge in [0, 0.05) is 0 Å². The molecule has 3 aromatic rings. The molecule has 27 heavy (non-hydrogen) atoms. The smallest absolute Gasteiger partial charge is 0.121 e. The maximum atomic E-state index is 9.70. The maximum absolute atomic E-state index is 9.70. The van der Waals surface area contributed by atoms with Crippen molar-refractivity contribution in [1.29, 1.82) is 5.26 Å². The SMILES string of the molecule is N#C[C@H](N[C@@H](CO)c1ccccc1)c1ccc(OCc2ccccc2)cc1. The van der Waals surface area contributed by atoms with Crippen molar-refractivity contribution in [3.63, 3.8) is 0 Å². The number of benzene rings is 3. The average Bonchev–Trinajstić information content (AvgIpc) is 2.75. The maximum Gasteiger partial charge on any atom is 0.121 e. The molecule has 0 aliphatic carbocycles. The molecule has 0 aliphatic heterocycles. The second-order valence-electron chi connectivity index (χ2n) is 6.22. The molecule has 0 fully saturated rings. The van der Waals surface area contributed by atoms with Crippen LogP contribution in [0.5, 0.6) is 5.75 Å². The van der Waals surface area contributed by atoms with Crippen LogP contribution < -0.4 is 10.1 Å². The summed E-state index contributed by atoms with van der Waals surface area (Å²) in [5, 5.41) is 22.5. The molecular weight excluding hydrogens is 336 g/mol. The molecule has 0 saturated heterocycles. The molecule has 0 bridgehead atoms. The molecule has 0 heterocycles. The van der Waals surface area contributed by atoms with Crippen LogP contribution in [0.4, 0.5) is 0 Å². The van der Waals surface area contributed by atoms with Gasteiger partial charge in [0.05, 0.1) is 18.7 Å². The molecule has 0 unspecified atom stereocenters. The van der Waals surface area contributed by atoms with Crippen LogP contribution in [0.1, 0.15) is 28.8 Å². The molecule has 0 saturated carbocycles. The molecule has 3 rings (SSSR count). The third kappa shape index (κ3) is 5.18. The molecule has 3 aromatic carbocycles. The predicted molar refractivity (Wildman–Crippen MR) is 105 cm³/mol. The summed E-state index contributed by atoms with van der Waals surface area (Å²) in [5.41, 5.74) is 2.88. The highest BCUT2D eigenvalue weighted by Crippen LogP contribution is 2.22. The number of aliphatic hydroxyl groups excluding tert-OH is 1. The van der Waals surface area contributed by atoms with E-state index in [9.17, 15) is 10.4 Å². The standard InChI is InChI=1S/C23H22N2O2/c24-15-22(25-23(16-26)19-9-5-2-6-10-19)20-11-13-21(14-12-20)27-17-18-7-3-1-4-8-18/h1-14,22-23,25-26H,16-17H2/t22-,23-/m0/s1. The fourth-order valence-corrected chi connectivity index (χ4v) is 2.85. The molecule has 0 aliphatic rings. The Kier molecular flexibility index (Phi) is 6.59. The number of ether oxygens (including phenoxy) is 1. The summed E-state index contributed by atoms with van der Waals surface area (Å²) in [4.78, 5) is 0. The Morgan fingerprint density at radius 1 is 0.852 bits per heavy atom. The van der Waals surface area contributed by atoms with E-state index in [1.165, 1.54) is 0 Å². The summed E-state index contributed by atoms with van der Waals surface area (Å²) in [7, 11) is 0. The van der Waals surface area contributed by atoms with Gasteiger partial charge in [0.25, 0.3) is 0 Å². The molecule has 136 valence electrons. The van der Waals surface area contributed by atoms with Crippen molar-refractivity contribution >= 4 is 0 Å². The van der Waals surface area contributed by atoms with Crippen molar-refractivity contribution < 1.29 is 9.84 Å². The van der Waals surface area contributed by atoms with E-state index in [1.807, 2.05) is 84.9 Å². The normalized spacial score (nSPS) is 12.7. The lowest BCUT2D eigenvalue weighted by molar-refractivity contribution is 0.239. The molecule has 0 aromatic heterocycles. The Labute approximate surface area is 159 Å². The number of nitriles is 1. The molecule has 2 atom stereocenters. The van der Waals surface area contributed by atoms with Crippen molar-refractivity contribution in [3.05, 3.63) is 102 Å². The molecule has 4 nitrogen and oxygen atoms in total. The van der Waals surface area contributed by atoms with Crippen LogP contribution in [-0.2, 0) is 6.61 Å². The number of hydrogen-bond acceptors (Lipinski definition) is 4. The summed E-state index contributed by atoms with van der Waals surface area (Å²) in [6, 6.07) is 28.5. The lowest BCUT2D eigenvalue weighted by Crippen LogP contribution is -2.28. The number of nitrogens with zero attached hydrogens (tertiary/aromatic N) is 1. The van der Waals surface area contributed by atoms with E-state index in [4.69, 9.17) is 4.74 Å². The van der Waals surface area contributed by atoms with Crippen molar-refractivity contribution in [1.82, 2.24) is 5.32 Å². The minimum atomic E-state index is -0.523. The summed E-state index contributed by atoms with van der Waals surface area (Å²) in [6.45, 7) is 0.418. The van der Waals surface area contributed by atoms with Crippen molar-refractivity contribution in [2.24, 2.45) is 0 Å². The number of nitrogens with one attached hydrogen (secondary N) is 1. The van der Waals surface area contributed by atoms with Gasteiger partial charge in [-0.3, -0.25) is 5.32 Å². The minimum absolute atomic E-state index is 0.0829. The van der Waals surface area contributed by atoms with Crippen LogP contribution >= 0.6 is 0 Å². The Balaban J connectivity index is 1.64. The monoisotopic (exact) mass is 358 g/mol. The first-order chi connectivity index (χ1) is 13.3. The van der Waals surface area contributed by atoms with Gasteiger partial charge >= 0.3 is 0 Å². The summed E-state index contributed by atoms with van der Waals surface area (Å²) in [6.07, 6.45) is 0. The second kappa shape index (κ2) is 9.54. The highest BCUT2D eigenvalue weighted by molar-refractivity contribution is 5.32. The van der Waals surface area contributed by atoms with Gasteiger partial charge in [0.1, 0.15) is 18.4 Å². The molecular formula is C23H22N2O2. The van der Waals surface area contributed by atoms with Crippen LogP contribution in [0.3, 0.4) is 0 Å². The summed E-state index contributed by atoms with van der Waals surface area (Å²) < 4.78 is 5.79. The van der Waals surface area contributed by atoms with Gasteiger partial charge in [-0.2, -0.15) is 5.26 Å². The van der Waals surface area contributed by atoms with E-state index in [1.54, 1.807) is 0 Å². The second-order valence-corrected chi connectivity index (χ2v) is 6.22. The van der Waals surface area contributed by atoms with Crippen molar-refractivity contribution in [3.8, 4) is 11.8 Å². The first-order valence-corrected chi connectivity index (χ1v) is 8.88. The quantitative estimate of drug-likeness (QED) is 0.635. The lowest BCUT2D eigenvalue weighted by Gasteiger charge is -2.21. The van der Waals surface area contributed by atoms with Gasteiger partial charge in [-0.05, 0) is 28.8 Å². The number of rotatable bonds is 8. The molecule has 4 heteroatoms. The van der Waals surface area contributed by atoms with Crippen LogP contribution in [0.15, 0.2) is 84.9 Å². The third-order valence-corrected chi connectivity index (χ3v) is 4.34. The molecule has 0 spiro atoms. The van der Waals surface area contributed by atoms with E-state index >= 15 is 0 Å². The fourth-order valence-electron chi connectivity index (χ4n) is 2.85. The molecule has 0 amide bonds. The van der Waals surface area contributed by atoms with Gasteiger partial charge < -0.3 is 9.84 Å². The van der Waals surface area contributed by atoms with E-state index < -0.39 is 6.04 Å². The van der Waals surface area contributed by atoms with Crippen LogP contribution in [0.2, 0.25) is 0 Å². The van der Waals surface area contributed by atoms with E-state index in [0.717, 1.165) is 22.4 Å². The predicted octanol–water partition coefficient (Wildman–Crippen LogP) is 4.15. The zero-order valence-electron chi connectivity index (χ0n) is 15.0. The minimum Gasteiger partial charge on any atom is -0.489 e. The van der Waals surface area contributed by atoms with E-state index in [2.05, 4.69) is 11.4 Å². The van der Waals surface area contributed by atoms with Gasteiger partial charge in [-0.1, -0.05) is 72.8 Å². The summed E-state index contributed by atoms with van der Waals surface area (Å²) >= 11 is 0. The first kappa shape index (κ1) is 18.7. The highest BCUT2D eigenvalue weighted by atomic mass is 16.5.